The van der Waals surface area contributed by atoms with Gasteiger partial charge in [0.2, 0.25) is 5.91 Å². The summed E-state index contributed by atoms with van der Waals surface area (Å²) in [4.78, 5) is 13.1. The third-order valence-corrected chi connectivity index (χ3v) is 4.56. The molecule has 0 heterocycles. The molecule has 18 heavy (non-hydrogen) atoms. The first kappa shape index (κ1) is 13.8. The van der Waals surface area contributed by atoms with Gasteiger partial charge in [0.15, 0.2) is 0 Å². The zero-order chi connectivity index (χ0) is 13.0. The van der Waals surface area contributed by atoms with E-state index in [-0.39, 0.29) is 11.2 Å². The van der Waals surface area contributed by atoms with E-state index in [2.05, 4.69) is 5.32 Å². The molecule has 1 aliphatic carbocycles. The van der Waals surface area contributed by atoms with Crippen LogP contribution in [0.15, 0.2) is 29.2 Å². The summed E-state index contributed by atoms with van der Waals surface area (Å²) in [6.45, 7) is 1.95. The number of halogens is 1. The molecular formula is C14H18ClNOS. The minimum atomic E-state index is -0.0632. The molecular weight excluding hydrogens is 266 g/mol. The van der Waals surface area contributed by atoms with Crippen molar-refractivity contribution in [2.45, 2.75) is 48.8 Å². The number of nitrogens with one attached hydrogen (secondary N) is 1. The number of rotatable bonds is 4. The Bertz CT molecular complexity index is 401. The maximum Gasteiger partial charge on any atom is 0.233 e. The molecule has 1 fully saturated rings. The van der Waals surface area contributed by atoms with E-state index in [0.29, 0.717) is 6.04 Å². The summed E-state index contributed by atoms with van der Waals surface area (Å²) in [7, 11) is 0. The van der Waals surface area contributed by atoms with Gasteiger partial charge in [-0.05, 0) is 44.0 Å². The molecule has 1 aromatic rings. The quantitative estimate of drug-likeness (QED) is 0.850. The molecule has 0 bridgehead atoms. The lowest BCUT2D eigenvalue weighted by atomic mass is 10.2. The maximum atomic E-state index is 12.0. The van der Waals surface area contributed by atoms with Crippen LogP contribution in [-0.4, -0.2) is 17.2 Å². The van der Waals surface area contributed by atoms with Gasteiger partial charge in [0, 0.05) is 16.0 Å². The minimum absolute atomic E-state index is 0.0632. The van der Waals surface area contributed by atoms with Crippen LogP contribution in [0.4, 0.5) is 0 Å². The Morgan fingerprint density at radius 2 is 1.94 bits per heavy atom. The molecule has 0 saturated heterocycles. The Hall–Kier alpha value is -0.670. The topological polar surface area (TPSA) is 29.1 Å². The largest absolute Gasteiger partial charge is 0.352 e. The normalized spacial score (nSPS) is 17.7. The van der Waals surface area contributed by atoms with Crippen molar-refractivity contribution in [2.75, 3.05) is 0 Å². The summed E-state index contributed by atoms with van der Waals surface area (Å²) < 4.78 is 0. The molecule has 1 atom stereocenters. The predicted octanol–water partition coefficient (Wildman–Crippen LogP) is 3.88. The summed E-state index contributed by atoms with van der Waals surface area (Å²) in [6, 6.07) is 8.00. The number of hydrogen-bond acceptors (Lipinski definition) is 2. The van der Waals surface area contributed by atoms with Gasteiger partial charge in [-0.2, -0.15) is 0 Å². The van der Waals surface area contributed by atoms with Gasteiger partial charge in [-0.3, -0.25) is 4.79 Å². The van der Waals surface area contributed by atoms with E-state index < -0.39 is 0 Å². The summed E-state index contributed by atoms with van der Waals surface area (Å²) >= 11 is 7.41. The highest BCUT2D eigenvalue weighted by Gasteiger charge is 2.21. The molecule has 1 saturated carbocycles. The molecule has 1 aromatic carbocycles. The van der Waals surface area contributed by atoms with E-state index in [1.165, 1.54) is 12.8 Å². The predicted molar refractivity (Wildman–Crippen MR) is 77.2 cm³/mol. The van der Waals surface area contributed by atoms with E-state index >= 15 is 0 Å². The Labute approximate surface area is 117 Å². The average molecular weight is 284 g/mol. The third-order valence-electron chi connectivity index (χ3n) is 3.20. The molecule has 0 radical (unpaired) electrons. The van der Waals surface area contributed by atoms with Crippen LogP contribution in [0.25, 0.3) is 0 Å². The molecule has 0 unspecified atom stereocenters. The number of benzene rings is 1. The lowest BCUT2D eigenvalue weighted by Gasteiger charge is -2.16. The molecule has 0 spiro atoms. The Balaban J connectivity index is 1.84. The zero-order valence-electron chi connectivity index (χ0n) is 10.5. The number of carbonyl (C=O) groups is 1. The summed E-state index contributed by atoms with van der Waals surface area (Å²) in [6.07, 6.45) is 4.74. The van der Waals surface area contributed by atoms with Crippen molar-refractivity contribution >= 4 is 29.3 Å². The highest BCUT2D eigenvalue weighted by atomic mass is 35.5. The smallest absolute Gasteiger partial charge is 0.233 e. The first-order valence-corrected chi connectivity index (χ1v) is 7.63. The van der Waals surface area contributed by atoms with E-state index in [1.54, 1.807) is 11.8 Å². The molecule has 1 amide bonds. The summed E-state index contributed by atoms with van der Waals surface area (Å²) in [5.41, 5.74) is 0. The van der Waals surface area contributed by atoms with Crippen LogP contribution in [-0.2, 0) is 4.79 Å². The number of hydrogen-bond donors (Lipinski definition) is 1. The average Bonchev–Trinajstić information content (AvgIpc) is 2.85. The molecule has 1 N–H and O–H groups in total. The zero-order valence-corrected chi connectivity index (χ0v) is 12.1. The lowest BCUT2D eigenvalue weighted by molar-refractivity contribution is -0.120. The van der Waals surface area contributed by atoms with Crippen molar-refractivity contribution in [3.05, 3.63) is 29.3 Å². The van der Waals surface area contributed by atoms with Crippen LogP contribution in [0, 0.1) is 0 Å². The molecule has 98 valence electrons. The summed E-state index contributed by atoms with van der Waals surface area (Å²) in [5, 5.41) is 3.79. The van der Waals surface area contributed by atoms with Crippen molar-refractivity contribution < 1.29 is 4.79 Å². The lowest BCUT2D eigenvalue weighted by Crippen LogP contribution is -2.37. The fourth-order valence-electron chi connectivity index (χ4n) is 2.16. The number of thioether (sulfide) groups is 1. The molecule has 4 heteroatoms. The molecule has 0 aromatic heterocycles. The van der Waals surface area contributed by atoms with Gasteiger partial charge in [-0.1, -0.05) is 24.4 Å². The van der Waals surface area contributed by atoms with Gasteiger partial charge >= 0.3 is 0 Å². The van der Waals surface area contributed by atoms with Crippen LogP contribution in [0.2, 0.25) is 5.02 Å². The molecule has 1 aliphatic rings. The SMILES string of the molecule is C[C@H](Sc1ccc(Cl)cc1)C(=O)NC1CCCC1. The molecule has 0 aliphatic heterocycles. The standard InChI is InChI=1S/C14H18ClNOS/c1-10(14(17)16-12-4-2-3-5-12)18-13-8-6-11(15)7-9-13/h6-10,12H,2-5H2,1H3,(H,16,17)/t10-/m0/s1. The van der Waals surface area contributed by atoms with Crippen LogP contribution in [0.5, 0.6) is 0 Å². The van der Waals surface area contributed by atoms with E-state index in [1.807, 2.05) is 31.2 Å². The number of carbonyl (C=O) groups excluding carboxylic acids is 1. The fraction of sp³-hybridized carbons (Fsp3) is 0.500. The van der Waals surface area contributed by atoms with Gasteiger partial charge in [-0.25, -0.2) is 0 Å². The second-order valence-corrected chi connectivity index (χ2v) is 6.55. The molecule has 2 rings (SSSR count). The Morgan fingerprint density at radius 1 is 1.33 bits per heavy atom. The highest BCUT2D eigenvalue weighted by molar-refractivity contribution is 8.00. The second-order valence-electron chi connectivity index (χ2n) is 4.70. The number of amides is 1. The van der Waals surface area contributed by atoms with E-state index in [9.17, 15) is 4.79 Å². The van der Waals surface area contributed by atoms with Crippen molar-refractivity contribution in [3.8, 4) is 0 Å². The van der Waals surface area contributed by atoms with Crippen molar-refractivity contribution in [1.29, 1.82) is 0 Å². The van der Waals surface area contributed by atoms with Gasteiger partial charge < -0.3 is 5.32 Å². The van der Waals surface area contributed by atoms with Crippen LogP contribution >= 0.6 is 23.4 Å². The Kier molecular flexibility index (Phi) is 4.95. The second kappa shape index (κ2) is 6.48. The van der Waals surface area contributed by atoms with Crippen molar-refractivity contribution in [1.82, 2.24) is 5.32 Å². The third kappa shape index (κ3) is 3.92. The van der Waals surface area contributed by atoms with Crippen LogP contribution in [0.1, 0.15) is 32.6 Å². The minimum Gasteiger partial charge on any atom is -0.352 e. The first-order valence-electron chi connectivity index (χ1n) is 6.38. The van der Waals surface area contributed by atoms with E-state index in [4.69, 9.17) is 11.6 Å². The Morgan fingerprint density at radius 3 is 2.56 bits per heavy atom. The van der Waals surface area contributed by atoms with Gasteiger partial charge in [0.25, 0.3) is 0 Å². The van der Waals surface area contributed by atoms with E-state index in [0.717, 1.165) is 22.8 Å². The van der Waals surface area contributed by atoms with Gasteiger partial charge in [-0.15, -0.1) is 11.8 Å². The molecule has 2 nitrogen and oxygen atoms in total. The highest BCUT2D eigenvalue weighted by Crippen LogP contribution is 2.25. The van der Waals surface area contributed by atoms with Crippen molar-refractivity contribution in [3.63, 3.8) is 0 Å². The monoisotopic (exact) mass is 283 g/mol. The summed E-state index contributed by atoms with van der Waals surface area (Å²) in [5.74, 6) is 0.141. The van der Waals surface area contributed by atoms with Gasteiger partial charge in [0.1, 0.15) is 0 Å². The maximum absolute atomic E-state index is 12.0. The van der Waals surface area contributed by atoms with Crippen LogP contribution < -0.4 is 5.32 Å². The van der Waals surface area contributed by atoms with Crippen LogP contribution in [0.3, 0.4) is 0 Å². The van der Waals surface area contributed by atoms with Gasteiger partial charge in [0.05, 0.1) is 5.25 Å². The fourth-order valence-corrected chi connectivity index (χ4v) is 3.16. The van der Waals surface area contributed by atoms with Crippen molar-refractivity contribution in [2.24, 2.45) is 0 Å². The first-order chi connectivity index (χ1) is 8.65.